The number of benzene rings is 1. The zero-order valence-electron chi connectivity index (χ0n) is 9.10. The van der Waals surface area contributed by atoms with Crippen molar-refractivity contribution in [3.8, 4) is 0 Å². The number of hydrogen-bond donors (Lipinski definition) is 2. The summed E-state index contributed by atoms with van der Waals surface area (Å²) in [7, 11) is 1.54. The summed E-state index contributed by atoms with van der Waals surface area (Å²) in [4.78, 5) is 0.494. The lowest BCUT2D eigenvalue weighted by atomic mass is 10.2. The van der Waals surface area contributed by atoms with Crippen molar-refractivity contribution >= 4 is 11.8 Å². The smallest absolute Gasteiger partial charge is 0.136 e. The van der Waals surface area contributed by atoms with Gasteiger partial charge in [0.2, 0.25) is 0 Å². The number of aliphatic hydroxyl groups excluding tert-OH is 1. The predicted octanol–water partition coefficient (Wildman–Crippen LogP) is 1.25. The van der Waals surface area contributed by atoms with E-state index in [0.717, 1.165) is 0 Å². The maximum atomic E-state index is 13.4. The highest BCUT2D eigenvalue weighted by atomic mass is 32.2. The fourth-order valence-corrected chi connectivity index (χ4v) is 2.26. The van der Waals surface area contributed by atoms with Crippen LogP contribution < -0.4 is 5.73 Å². The molecule has 3 nitrogen and oxygen atoms in total. The van der Waals surface area contributed by atoms with Crippen LogP contribution in [0.2, 0.25) is 0 Å². The predicted molar refractivity (Wildman–Crippen MR) is 63.0 cm³/mol. The summed E-state index contributed by atoms with van der Waals surface area (Å²) in [6.45, 7) is 0.232. The third-order valence-corrected chi connectivity index (χ3v) is 3.52. The van der Waals surface area contributed by atoms with Crippen LogP contribution in [-0.2, 0) is 4.74 Å². The normalized spacial score (nSPS) is 14.8. The van der Waals surface area contributed by atoms with Crippen molar-refractivity contribution in [2.45, 2.75) is 16.2 Å². The lowest BCUT2D eigenvalue weighted by Crippen LogP contribution is -2.38. The molecule has 2 unspecified atom stereocenters. The van der Waals surface area contributed by atoms with Crippen molar-refractivity contribution in [1.29, 1.82) is 0 Å². The minimum absolute atomic E-state index is 0.108. The van der Waals surface area contributed by atoms with Gasteiger partial charge in [0.1, 0.15) is 5.82 Å². The minimum Gasteiger partial charge on any atom is -0.395 e. The number of thioether (sulfide) groups is 1. The van der Waals surface area contributed by atoms with Crippen LogP contribution in [0, 0.1) is 5.82 Å². The van der Waals surface area contributed by atoms with E-state index in [9.17, 15) is 9.50 Å². The third-order valence-electron chi connectivity index (χ3n) is 2.13. The van der Waals surface area contributed by atoms with E-state index in [1.165, 1.54) is 17.8 Å². The molecule has 90 valence electrons. The molecule has 0 amide bonds. The molecule has 3 N–H and O–H groups in total. The van der Waals surface area contributed by atoms with Crippen molar-refractivity contribution in [3.05, 3.63) is 30.1 Å². The van der Waals surface area contributed by atoms with Gasteiger partial charge in [-0.15, -0.1) is 11.8 Å². The number of methoxy groups -OCH3 is 1. The van der Waals surface area contributed by atoms with Gasteiger partial charge in [0, 0.05) is 18.0 Å². The zero-order valence-corrected chi connectivity index (χ0v) is 9.91. The quantitative estimate of drug-likeness (QED) is 0.741. The van der Waals surface area contributed by atoms with Gasteiger partial charge in [0.15, 0.2) is 0 Å². The molecular formula is C11H16FNO2S. The Kier molecular flexibility index (Phi) is 5.76. The standard InChI is InChI=1S/C11H16FNO2S/c1-15-7-9(13)11(6-14)16-10-5-3-2-4-8(10)12/h2-5,9,11,14H,6-7,13H2,1H3. The number of rotatable bonds is 6. The first-order valence-corrected chi connectivity index (χ1v) is 5.83. The minimum atomic E-state index is -0.320. The lowest BCUT2D eigenvalue weighted by molar-refractivity contribution is 0.167. The molecule has 0 bridgehead atoms. The number of halogens is 1. The number of ether oxygens (including phenoxy) is 1. The molecular weight excluding hydrogens is 229 g/mol. The van der Waals surface area contributed by atoms with E-state index in [-0.39, 0.29) is 23.7 Å². The Balaban J connectivity index is 2.66. The van der Waals surface area contributed by atoms with Crippen molar-refractivity contribution in [3.63, 3.8) is 0 Å². The molecule has 0 aromatic heterocycles. The van der Waals surface area contributed by atoms with Gasteiger partial charge in [0.05, 0.1) is 18.5 Å². The number of aliphatic hydroxyl groups is 1. The second-order valence-corrected chi connectivity index (χ2v) is 4.67. The Morgan fingerprint density at radius 2 is 2.19 bits per heavy atom. The van der Waals surface area contributed by atoms with Crippen molar-refractivity contribution in [2.24, 2.45) is 5.73 Å². The van der Waals surface area contributed by atoms with Gasteiger partial charge in [-0.2, -0.15) is 0 Å². The summed E-state index contributed by atoms with van der Waals surface area (Å²) >= 11 is 1.23. The topological polar surface area (TPSA) is 55.5 Å². The second-order valence-electron chi connectivity index (χ2n) is 3.39. The van der Waals surface area contributed by atoms with E-state index >= 15 is 0 Å². The Bertz CT molecular complexity index is 325. The molecule has 1 aromatic carbocycles. The fourth-order valence-electron chi connectivity index (χ4n) is 1.26. The van der Waals surface area contributed by atoms with Gasteiger partial charge in [-0.05, 0) is 12.1 Å². The monoisotopic (exact) mass is 245 g/mol. The molecule has 0 radical (unpaired) electrons. The molecule has 0 saturated carbocycles. The first-order chi connectivity index (χ1) is 7.69. The molecule has 0 fully saturated rings. The molecule has 0 saturated heterocycles. The molecule has 0 spiro atoms. The molecule has 0 aliphatic carbocycles. The van der Waals surface area contributed by atoms with Crippen molar-refractivity contribution < 1.29 is 14.2 Å². The zero-order chi connectivity index (χ0) is 12.0. The first-order valence-electron chi connectivity index (χ1n) is 4.95. The van der Waals surface area contributed by atoms with Gasteiger partial charge >= 0.3 is 0 Å². The highest BCUT2D eigenvalue weighted by Crippen LogP contribution is 2.27. The van der Waals surface area contributed by atoms with Crippen LogP contribution in [0.3, 0.4) is 0 Å². The van der Waals surface area contributed by atoms with E-state index in [0.29, 0.717) is 11.5 Å². The van der Waals surface area contributed by atoms with E-state index in [2.05, 4.69) is 0 Å². The van der Waals surface area contributed by atoms with Crippen LogP contribution in [0.1, 0.15) is 0 Å². The average Bonchev–Trinajstić information content (AvgIpc) is 2.28. The van der Waals surface area contributed by atoms with E-state index in [1.807, 2.05) is 0 Å². The summed E-state index contributed by atoms with van der Waals surface area (Å²) in [6.07, 6.45) is 0. The van der Waals surface area contributed by atoms with Crippen LogP contribution in [-0.4, -0.2) is 36.7 Å². The van der Waals surface area contributed by atoms with Crippen molar-refractivity contribution in [1.82, 2.24) is 0 Å². The molecule has 0 aliphatic rings. The van der Waals surface area contributed by atoms with Gasteiger partial charge < -0.3 is 15.6 Å². The lowest BCUT2D eigenvalue weighted by Gasteiger charge is -2.20. The van der Waals surface area contributed by atoms with E-state index in [1.54, 1.807) is 25.3 Å². The van der Waals surface area contributed by atoms with E-state index in [4.69, 9.17) is 10.5 Å². The van der Waals surface area contributed by atoms with Crippen molar-refractivity contribution in [2.75, 3.05) is 20.3 Å². The molecule has 1 rings (SSSR count). The van der Waals surface area contributed by atoms with Crippen LogP contribution in [0.4, 0.5) is 4.39 Å². The molecule has 2 atom stereocenters. The van der Waals surface area contributed by atoms with Gasteiger partial charge in [-0.3, -0.25) is 0 Å². The molecule has 16 heavy (non-hydrogen) atoms. The Morgan fingerprint density at radius 1 is 1.50 bits per heavy atom. The van der Waals surface area contributed by atoms with Crippen LogP contribution in [0.5, 0.6) is 0 Å². The summed E-state index contributed by atoms with van der Waals surface area (Å²) < 4.78 is 18.3. The Morgan fingerprint density at radius 3 is 2.75 bits per heavy atom. The summed E-state index contributed by atoms with van der Waals surface area (Å²) in [6, 6.07) is 6.12. The largest absolute Gasteiger partial charge is 0.395 e. The number of hydrogen-bond acceptors (Lipinski definition) is 4. The maximum Gasteiger partial charge on any atom is 0.136 e. The average molecular weight is 245 g/mol. The summed E-state index contributed by atoms with van der Waals surface area (Å²) in [5, 5.41) is 8.93. The van der Waals surface area contributed by atoms with Gasteiger partial charge in [-0.1, -0.05) is 12.1 Å². The second kappa shape index (κ2) is 6.85. The Labute approximate surface area is 98.8 Å². The third kappa shape index (κ3) is 3.75. The summed E-state index contributed by atoms with van der Waals surface area (Å²) in [5.41, 5.74) is 5.81. The molecule has 1 aromatic rings. The molecule has 5 heteroatoms. The van der Waals surface area contributed by atoms with Gasteiger partial charge in [-0.25, -0.2) is 4.39 Å². The highest BCUT2D eigenvalue weighted by Gasteiger charge is 2.19. The first kappa shape index (κ1) is 13.4. The summed E-state index contributed by atoms with van der Waals surface area (Å²) in [5.74, 6) is -0.296. The SMILES string of the molecule is COCC(N)C(CO)Sc1ccccc1F. The molecule has 0 heterocycles. The van der Waals surface area contributed by atoms with E-state index < -0.39 is 0 Å². The molecule has 0 aliphatic heterocycles. The highest BCUT2D eigenvalue weighted by molar-refractivity contribution is 8.00. The maximum absolute atomic E-state index is 13.4. The van der Waals surface area contributed by atoms with Crippen LogP contribution in [0.15, 0.2) is 29.2 Å². The Hall–Kier alpha value is -0.620. The van der Waals surface area contributed by atoms with Crippen LogP contribution >= 0.6 is 11.8 Å². The van der Waals surface area contributed by atoms with Gasteiger partial charge in [0.25, 0.3) is 0 Å². The fraction of sp³-hybridized carbons (Fsp3) is 0.455. The van der Waals surface area contributed by atoms with Crippen LogP contribution in [0.25, 0.3) is 0 Å². The number of nitrogens with two attached hydrogens (primary N) is 1.